The van der Waals surface area contributed by atoms with Crippen LogP contribution in [0.15, 0.2) is 36.7 Å². The second kappa shape index (κ2) is 7.22. The molecular formula is C16H24N4O. The second-order valence-corrected chi connectivity index (χ2v) is 5.77. The topological polar surface area (TPSA) is 52.0 Å². The lowest BCUT2D eigenvalue weighted by molar-refractivity contribution is 0.133. The van der Waals surface area contributed by atoms with Crippen molar-refractivity contribution in [3.63, 3.8) is 0 Å². The molecule has 0 aliphatic rings. The number of aromatic nitrogens is 3. The third-order valence-electron chi connectivity index (χ3n) is 3.22. The molecule has 0 amide bonds. The smallest absolute Gasteiger partial charge is 0.336 e. The van der Waals surface area contributed by atoms with Gasteiger partial charge in [0.25, 0.3) is 0 Å². The molecule has 0 bridgehead atoms. The van der Waals surface area contributed by atoms with Gasteiger partial charge in [-0.1, -0.05) is 45.9 Å². The van der Waals surface area contributed by atoms with Gasteiger partial charge in [0.2, 0.25) is 0 Å². The summed E-state index contributed by atoms with van der Waals surface area (Å²) < 4.78 is 7.65. The maximum absolute atomic E-state index is 5.92. The maximum atomic E-state index is 5.92. The van der Waals surface area contributed by atoms with Crippen molar-refractivity contribution < 1.29 is 4.74 Å². The van der Waals surface area contributed by atoms with E-state index < -0.39 is 0 Å². The first-order valence-electron chi connectivity index (χ1n) is 7.43. The summed E-state index contributed by atoms with van der Waals surface area (Å²) in [5.74, 6) is 0.389. The first kappa shape index (κ1) is 15.5. The van der Waals surface area contributed by atoms with E-state index in [1.807, 2.05) is 30.3 Å². The van der Waals surface area contributed by atoms with Gasteiger partial charge >= 0.3 is 6.01 Å². The van der Waals surface area contributed by atoms with E-state index in [2.05, 4.69) is 43.1 Å². The van der Waals surface area contributed by atoms with Crippen molar-refractivity contribution in [1.29, 1.82) is 0 Å². The molecule has 5 heteroatoms. The van der Waals surface area contributed by atoms with Gasteiger partial charge in [0, 0.05) is 12.6 Å². The largest absolute Gasteiger partial charge is 0.457 e. The number of hydrogen-bond acceptors (Lipinski definition) is 4. The highest BCUT2D eigenvalue weighted by atomic mass is 16.5. The molecule has 114 valence electrons. The molecule has 0 saturated carbocycles. The zero-order valence-corrected chi connectivity index (χ0v) is 13.2. The lowest BCUT2D eigenvalue weighted by atomic mass is 10.1. The third-order valence-corrected chi connectivity index (χ3v) is 3.22. The van der Waals surface area contributed by atoms with E-state index in [-0.39, 0.29) is 6.10 Å². The van der Waals surface area contributed by atoms with E-state index in [1.54, 1.807) is 11.0 Å². The molecule has 1 atom stereocenters. The summed E-state index contributed by atoms with van der Waals surface area (Å²) >= 11 is 0. The van der Waals surface area contributed by atoms with Gasteiger partial charge in [-0.05, 0) is 18.1 Å². The molecule has 2 aromatic rings. The lowest BCUT2D eigenvalue weighted by Gasteiger charge is -2.22. The van der Waals surface area contributed by atoms with Crippen LogP contribution in [0.4, 0.5) is 0 Å². The average Bonchev–Trinajstić information content (AvgIpc) is 2.92. The van der Waals surface area contributed by atoms with Crippen molar-refractivity contribution in [2.75, 3.05) is 6.54 Å². The van der Waals surface area contributed by atoms with Crippen molar-refractivity contribution in [3.8, 4) is 11.7 Å². The minimum absolute atomic E-state index is 0.0547. The van der Waals surface area contributed by atoms with Crippen molar-refractivity contribution in [1.82, 2.24) is 20.1 Å². The number of benzene rings is 1. The van der Waals surface area contributed by atoms with Crippen LogP contribution in [-0.4, -0.2) is 33.5 Å². The Morgan fingerprint density at radius 3 is 2.48 bits per heavy atom. The van der Waals surface area contributed by atoms with Crippen LogP contribution in [0.25, 0.3) is 5.69 Å². The summed E-state index contributed by atoms with van der Waals surface area (Å²) in [7, 11) is 0. The highest BCUT2D eigenvalue weighted by molar-refractivity contribution is 5.29. The van der Waals surface area contributed by atoms with Crippen molar-refractivity contribution in [2.24, 2.45) is 5.92 Å². The van der Waals surface area contributed by atoms with Gasteiger partial charge in [0.15, 0.2) is 0 Å². The molecule has 0 spiro atoms. The molecule has 0 saturated heterocycles. The summed E-state index contributed by atoms with van der Waals surface area (Å²) in [6.45, 7) is 9.32. The van der Waals surface area contributed by atoms with Gasteiger partial charge in [-0.2, -0.15) is 4.98 Å². The molecule has 5 nitrogen and oxygen atoms in total. The minimum atomic E-state index is 0.0547. The molecule has 1 aromatic heterocycles. The van der Waals surface area contributed by atoms with E-state index in [0.717, 1.165) is 12.2 Å². The number of hydrogen-bond donors (Lipinski definition) is 1. The first-order chi connectivity index (χ1) is 10.1. The molecular weight excluding hydrogens is 264 g/mol. The Labute approximate surface area is 126 Å². The Bertz CT molecular complexity index is 536. The van der Waals surface area contributed by atoms with Gasteiger partial charge in [-0.15, -0.1) is 5.10 Å². The molecule has 2 rings (SSSR count). The Kier molecular flexibility index (Phi) is 5.33. The summed E-state index contributed by atoms with van der Waals surface area (Å²) in [5, 5.41) is 7.78. The fourth-order valence-electron chi connectivity index (χ4n) is 1.91. The van der Waals surface area contributed by atoms with Crippen LogP contribution in [0.1, 0.15) is 27.7 Å². The molecule has 0 fully saturated rings. The van der Waals surface area contributed by atoms with E-state index in [4.69, 9.17) is 4.74 Å². The normalized spacial score (nSPS) is 12.9. The molecule has 0 radical (unpaired) electrons. The predicted octanol–water partition coefficient (Wildman–Crippen LogP) is 2.67. The SMILES string of the molecule is CC(C)NCC(Oc1ncn(-c2ccccc2)n1)C(C)C. The Morgan fingerprint density at radius 2 is 1.86 bits per heavy atom. The quantitative estimate of drug-likeness (QED) is 0.851. The maximum Gasteiger partial charge on any atom is 0.336 e. The number of rotatable bonds is 7. The van der Waals surface area contributed by atoms with Gasteiger partial charge < -0.3 is 10.1 Å². The van der Waals surface area contributed by atoms with Gasteiger partial charge in [-0.25, -0.2) is 4.68 Å². The minimum Gasteiger partial charge on any atom is -0.457 e. The Balaban J connectivity index is 2.03. The summed E-state index contributed by atoms with van der Waals surface area (Å²) in [4.78, 5) is 4.24. The van der Waals surface area contributed by atoms with Crippen molar-refractivity contribution in [2.45, 2.75) is 39.8 Å². The van der Waals surface area contributed by atoms with Crippen LogP contribution >= 0.6 is 0 Å². The van der Waals surface area contributed by atoms with Crippen molar-refractivity contribution in [3.05, 3.63) is 36.7 Å². The zero-order valence-electron chi connectivity index (χ0n) is 13.2. The highest BCUT2D eigenvalue weighted by Crippen LogP contribution is 2.13. The van der Waals surface area contributed by atoms with E-state index in [9.17, 15) is 0 Å². The first-order valence-corrected chi connectivity index (χ1v) is 7.43. The molecule has 1 unspecified atom stereocenters. The summed E-state index contributed by atoms with van der Waals surface area (Å²) in [6, 6.07) is 10.7. The number of para-hydroxylation sites is 1. The summed E-state index contributed by atoms with van der Waals surface area (Å²) in [6.07, 6.45) is 1.73. The predicted molar refractivity (Wildman–Crippen MR) is 83.8 cm³/mol. The molecule has 1 heterocycles. The molecule has 1 N–H and O–H groups in total. The van der Waals surface area contributed by atoms with Crippen LogP contribution in [-0.2, 0) is 0 Å². The Morgan fingerprint density at radius 1 is 1.14 bits per heavy atom. The number of nitrogens with zero attached hydrogens (tertiary/aromatic N) is 3. The summed E-state index contributed by atoms with van der Waals surface area (Å²) in [5.41, 5.74) is 0.973. The molecule has 1 aromatic carbocycles. The second-order valence-electron chi connectivity index (χ2n) is 5.77. The fourth-order valence-corrected chi connectivity index (χ4v) is 1.91. The van der Waals surface area contributed by atoms with E-state index in [0.29, 0.717) is 18.0 Å². The van der Waals surface area contributed by atoms with E-state index in [1.165, 1.54) is 0 Å². The monoisotopic (exact) mass is 288 g/mol. The van der Waals surface area contributed by atoms with Crippen LogP contribution in [0.2, 0.25) is 0 Å². The van der Waals surface area contributed by atoms with Crippen LogP contribution in [0.3, 0.4) is 0 Å². The van der Waals surface area contributed by atoms with Crippen molar-refractivity contribution >= 4 is 0 Å². The lowest BCUT2D eigenvalue weighted by Crippen LogP contribution is -2.38. The molecule has 21 heavy (non-hydrogen) atoms. The number of ether oxygens (including phenoxy) is 1. The van der Waals surface area contributed by atoms with Crippen LogP contribution in [0.5, 0.6) is 6.01 Å². The Hall–Kier alpha value is -1.88. The van der Waals surface area contributed by atoms with Gasteiger partial charge in [0.1, 0.15) is 12.4 Å². The molecule has 0 aliphatic heterocycles. The van der Waals surface area contributed by atoms with E-state index >= 15 is 0 Å². The van der Waals surface area contributed by atoms with Crippen LogP contribution in [0, 0.1) is 5.92 Å². The third kappa shape index (κ3) is 4.56. The van der Waals surface area contributed by atoms with Gasteiger partial charge in [-0.3, -0.25) is 0 Å². The standard InChI is InChI=1S/C16H24N4O/c1-12(2)15(10-17-13(3)4)21-16-18-11-20(19-16)14-8-6-5-7-9-14/h5-9,11-13,15,17H,10H2,1-4H3. The number of nitrogens with one attached hydrogen (secondary N) is 1. The zero-order chi connectivity index (χ0) is 15.2. The van der Waals surface area contributed by atoms with Crippen LogP contribution < -0.4 is 10.1 Å². The molecule has 0 aliphatic carbocycles. The fraction of sp³-hybridized carbons (Fsp3) is 0.500. The van der Waals surface area contributed by atoms with Gasteiger partial charge in [0.05, 0.1) is 5.69 Å². The average molecular weight is 288 g/mol. The highest BCUT2D eigenvalue weighted by Gasteiger charge is 2.17.